The normalized spacial score (nSPS) is 14.8. The molecule has 0 radical (unpaired) electrons. The molecule has 0 aromatic carbocycles. The van der Waals surface area contributed by atoms with Gasteiger partial charge in [-0.15, -0.1) is 11.3 Å². The van der Waals surface area contributed by atoms with Crippen molar-refractivity contribution in [1.29, 1.82) is 0 Å². The predicted octanol–water partition coefficient (Wildman–Crippen LogP) is 3.35. The van der Waals surface area contributed by atoms with Gasteiger partial charge < -0.3 is 10.7 Å². The van der Waals surface area contributed by atoms with Crippen LogP contribution in [0.25, 0.3) is 0 Å². The first-order valence-electron chi connectivity index (χ1n) is 5.68. The van der Waals surface area contributed by atoms with Gasteiger partial charge >= 0.3 is 0 Å². The molecule has 2 aromatic rings. The number of hydrogen-bond donors (Lipinski definition) is 2. The van der Waals surface area contributed by atoms with E-state index in [1.807, 2.05) is 17.5 Å². The van der Waals surface area contributed by atoms with Crippen LogP contribution in [0.2, 0.25) is 0 Å². The summed E-state index contributed by atoms with van der Waals surface area (Å²) in [5.74, 6) is 0. The smallest absolute Gasteiger partial charge is 0.165 e. The van der Waals surface area contributed by atoms with E-state index < -0.39 is 0 Å². The molecule has 0 fully saturated rings. The van der Waals surface area contributed by atoms with Gasteiger partial charge in [0.25, 0.3) is 0 Å². The Balaban J connectivity index is 2.19. The van der Waals surface area contributed by atoms with Crippen molar-refractivity contribution in [2.45, 2.75) is 36.7 Å². The third-order valence-corrected chi connectivity index (χ3v) is 5.15. The van der Waals surface area contributed by atoms with E-state index in [-0.39, 0.29) is 11.3 Å². The van der Waals surface area contributed by atoms with Crippen molar-refractivity contribution in [3.05, 3.63) is 34.3 Å². The van der Waals surface area contributed by atoms with Crippen LogP contribution in [-0.4, -0.2) is 16.0 Å². The monoisotopic (exact) mass is 267 g/mol. The van der Waals surface area contributed by atoms with Gasteiger partial charge in [0.15, 0.2) is 5.16 Å². The number of thiophene rings is 1. The summed E-state index contributed by atoms with van der Waals surface area (Å²) in [4.78, 5) is 10.0. The number of H-pyrrole nitrogens is 1. The van der Waals surface area contributed by atoms with Crippen LogP contribution in [0.15, 0.2) is 29.7 Å². The van der Waals surface area contributed by atoms with Gasteiger partial charge in [0.1, 0.15) is 0 Å². The van der Waals surface area contributed by atoms with E-state index in [0.29, 0.717) is 0 Å². The van der Waals surface area contributed by atoms with Crippen LogP contribution in [0.4, 0.5) is 0 Å². The second kappa shape index (κ2) is 5.71. The van der Waals surface area contributed by atoms with Gasteiger partial charge in [-0.3, -0.25) is 0 Å². The lowest BCUT2D eigenvalue weighted by molar-refractivity contribution is 0.638. The summed E-state index contributed by atoms with van der Waals surface area (Å²) in [6.07, 6.45) is 4.59. The maximum absolute atomic E-state index is 6.22. The number of nitrogens with zero attached hydrogens (tertiary/aromatic N) is 1. The molecule has 0 spiro atoms. The molecule has 2 unspecified atom stereocenters. The molecule has 0 aliphatic rings. The van der Waals surface area contributed by atoms with Gasteiger partial charge in [-0.1, -0.05) is 18.7 Å². The summed E-state index contributed by atoms with van der Waals surface area (Å²) in [5.41, 5.74) is 6.22. The molecule has 2 heterocycles. The van der Waals surface area contributed by atoms with E-state index in [2.05, 4.69) is 35.9 Å². The highest BCUT2D eigenvalue weighted by Gasteiger charge is 2.22. The standard InChI is InChI=1S/C12H17N3S2/c1-3-9(13)11(10-5-4-8(2)16-10)17-12-14-6-7-15-12/h4-7,9,11H,3,13H2,1-2H3,(H,14,15). The van der Waals surface area contributed by atoms with E-state index in [4.69, 9.17) is 5.73 Å². The molecule has 17 heavy (non-hydrogen) atoms. The van der Waals surface area contributed by atoms with Crippen LogP contribution < -0.4 is 5.73 Å². The zero-order valence-corrected chi connectivity index (χ0v) is 11.6. The Morgan fingerprint density at radius 2 is 2.35 bits per heavy atom. The van der Waals surface area contributed by atoms with Gasteiger partial charge in [0, 0.05) is 28.2 Å². The average molecular weight is 267 g/mol. The van der Waals surface area contributed by atoms with Crippen LogP contribution in [0.5, 0.6) is 0 Å². The highest BCUT2D eigenvalue weighted by atomic mass is 32.2. The number of aromatic nitrogens is 2. The van der Waals surface area contributed by atoms with Crippen molar-refractivity contribution in [2.24, 2.45) is 5.73 Å². The molecule has 5 heteroatoms. The van der Waals surface area contributed by atoms with Crippen LogP contribution in [-0.2, 0) is 0 Å². The number of aryl methyl sites for hydroxylation is 1. The summed E-state index contributed by atoms with van der Waals surface area (Å²) in [6.45, 7) is 4.25. The molecule has 2 aromatic heterocycles. The van der Waals surface area contributed by atoms with Crippen molar-refractivity contribution in [3.63, 3.8) is 0 Å². The molecule has 0 saturated heterocycles. The number of nitrogens with one attached hydrogen (secondary N) is 1. The quantitative estimate of drug-likeness (QED) is 0.817. The molecule has 0 saturated carbocycles. The number of nitrogens with two attached hydrogens (primary N) is 1. The maximum Gasteiger partial charge on any atom is 0.165 e. The lowest BCUT2D eigenvalue weighted by Crippen LogP contribution is -2.25. The van der Waals surface area contributed by atoms with E-state index in [1.165, 1.54) is 9.75 Å². The van der Waals surface area contributed by atoms with Crippen LogP contribution in [0, 0.1) is 6.92 Å². The van der Waals surface area contributed by atoms with Gasteiger partial charge in [-0.05, 0) is 25.5 Å². The fourth-order valence-corrected chi connectivity index (χ4v) is 3.90. The lowest BCUT2D eigenvalue weighted by Gasteiger charge is -2.20. The van der Waals surface area contributed by atoms with E-state index in [9.17, 15) is 0 Å². The Labute approximate surface area is 110 Å². The van der Waals surface area contributed by atoms with Crippen LogP contribution in [0.3, 0.4) is 0 Å². The van der Waals surface area contributed by atoms with E-state index in [0.717, 1.165) is 11.6 Å². The third kappa shape index (κ3) is 3.12. The molecule has 0 amide bonds. The van der Waals surface area contributed by atoms with Gasteiger partial charge in [-0.2, -0.15) is 0 Å². The molecular formula is C12H17N3S2. The van der Waals surface area contributed by atoms with Crippen LogP contribution in [0.1, 0.15) is 28.3 Å². The molecule has 0 aliphatic carbocycles. The fraction of sp³-hybridized carbons (Fsp3) is 0.417. The minimum Gasteiger partial charge on any atom is -0.340 e. The lowest BCUT2D eigenvalue weighted by atomic mass is 10.1. The molecule has 2 atom stereocenters. The molecule has 0 aliphatic heterocycles. The van der Waals surface area contributed by atoms with Crippen LogP contribution >= 0.6 is 23.1 Å². The number of aromatic amines is 1. The number of rotatable bonds is 5. The summed E-state index contributed by atoms with van der Waals surface area (Å²) < 4.78 is 0. The SMILES string of the molecule is CCC(N)C(Sc1ncc[nH]1)c1ccc(C)s1. The maximum atomic E-state index is 6.22. The zero-order chi connectivity index (χ0) is 12.3. The largest absolute Gasteiger partial charge is 0.340 e. The summed E-state index contributed by atoms with van der Waals surface area (Å²) >= 11 is 3.53. The Kier molecular flexibility index (Phi) is 4.25. The van der Waals surface area contributed by atoms with Gasteiger partial charge in [-0.25, -0.2) is 4.98 Å². The van der Waals surface area contributed by atoms with Crippen molar-refractivity contribution in [2.75, 3.05) is 0 Å². The number of thioether (sulfide) groups is 1. The molecule has 0 bridgehead atoms. The van der Waals surface area contributed by atoms with Crippen molar-refractivity contribution in [3.8, 4) is 0 Å². The Bertz CT molecular complexity index is 450. The highest BCUT2D eigenvalue weighted by Crippen LogP contribution is 2.39. The minimum absolute atomic E-state index is 0.156. The zero-order valence-electron chi connectivity index (χ0n) is 10.0. The topological polar surface area (TPSA) is 54.7 Å². The molecule has 2 rings (SSSR count). The highest BCUT2D eigenvalue weighted by molar-refractivity contribution is 7.99. The minimum atomic E-state index is 0.156. The summed E-state index contributed by atoms with van der Waals surface area (Å²) in [5, 5.41) is 1.22. The Morgan fingerprint density at radius 3 is 2.88 bits per heavy atom. The average Bonchev–Trinajstić information content (AvgIpc) is 2.96. The Morgan fingerprint density at radius 1 is 1.53 bits per heavy atom. The van der Waals surface area contributed by atoms with E-state index in [1.54, 1.807) is 18.0 Å². The third-order valence-electron chi connectivity index (χ3n) is 2.61. The summed E-state index contributed by atoms with van der Waals surface area (Å²) in [7, 11) is 0. The molecular weight excluding hydrogens is 250 g/mol. The number of imidazole rings is 1. The first-order valence-corrected chi connectivity index (χ1v) is 7.38. The van der Waals surface area contributed by atoms with E-state index >= 15 is 0 Å². The van der Waals surface area contributed by atoms with Crippen molar-refractivity contribution < 1.29 is 0 Å². The number of hydrogen-bond acceptors (Lipinski definition) is 4. The Hall–Kier alpha value is -0.780. The van der Waals surface area contributed by atoms with Crippen molar-refractivity contribution in [1.82, 2.24) is 9.97 Å². The fourth-order valence-electron chi connectivity index (χ4n) is 1.61. The second-order valence-corrected chi connectivity index (χ2v) is 6.40. The molecule has 3 N–H and O–H groups in total. The first kappa shape index (κ1) is 12.7. The first-order chi connectivity index (χ1) is 8.20. The predicted molar refractivity (Wildman–Crippen MR) is 74.5 cm³/mol. The van der Waals surface area contributed by atoms with Crippen molar-refractivity contribution >= 4 is 23.1 Å². The van der Waals surface area contributed by atoms with Gasteiger partial charge in [0.05, 0.1) is 5.25 Å². The summed E-state index contributed by atoms with van der Waals surface area (Å²) in [6, 6.07) is 4.48. The second-order valence-electron chi connectivity index (χ2n) is 3.95. The van der Waals surface area contributed by atoms with Gasteiger partial charge in [0.2, 0.25) is 0 Å². The molecule has 3 nitrogen and oxygen atoms in total. The molecule has 92 valence electrons.